The Hall–Kier alpha value is -2.16. The van der Waals surface area contributed by atoms with E-state index >= 15 is 0 Å². The van der Waals surface area contributed by atoms with Crippen LogP contribution < -0.4 is 14.8 Å². The van der Waals surface area contributed by atoms with Crippen molar-refractivity contribution < 1.29 is 9.47 Å². The van der Waals surface area contributed by atoms with Crippen molar-refractivity contribution in [2.24, 2.45) is 0 Å². The van der Waals surface area contributed by atoms with E-state index in [2.05, 4.69) is 18.3 Å². The fraction of sp³-hybridized carbons (Fsp3) is 0.250. The molecule has 19 heavy (non-hydrogen) atoms. The molecular formula is C16H17NO2. The topological polar surface area (TPSA) is 30.5 Å². The molecule has 1 N–H and O–H groups in total. The fourth-order valence-electron chi connectivity index (χ4n) is 2.39. The number of hydrogen-bond donors (Lipinski definition) is 1. The van der Waals surface area contributed by atoms with E-state index in [0.717, 1.165) is 29.3 Å². The van der Waals surface area contributed by atoms with E-state index in [-0.39, 0.29) is 6.10 Å². The van der Waals surface area contributed by atoms with E-state index in [1.54, 1.807) is 7.11 Å². The average molecular weight is 255 g/mol. The zero-order chi connectivity index (χ0) is 13.2. The Balaban J connectivity index is 1.95. The molecule has 98 valence electrons. The predicted octanol–water partition coefficient (Wildman–Crippen LogP) is 3.55. The van der Waals surface area contributed by atoms with Crippen molar-refractivity contribution in [3.05, 3.63) is 53.6 Å². The first-order valence-corrected chi connectivity index (χ1v) is 6.42. The van der Waals surface area contributed by atoms with E-state index in [0.29, 0.717) is 0 Å². The standard InChI is InChI=1S/C16H17NO2/c1-11-7-8-14(18-2)12(9-11)16-10-17-13-5-3-4-6-15(13)19-16/h3-9,16-17H,10H2,1-2H3. The summed E-state index contributed by atoms with van der Waals surface area (Å²) in [6, 6.07) is 14.2. The second kappa shape index (κ2) is 4.84. The molecule has 0 spiro atoms. The number of hydrogen-bond acceptors (Lipinski definition) is 3. The molecule has 0 saturated carbocycles. The van der Waals surface area contributed by atoms with Crippen molar-refractivity contribution in [2.75, 3.05) is 19.0 Å². The third kappa shape index (κ3) is 2.24. The maximum atomic E-state index is 6.07. The molecule has 1 heterocycles. The van der Waals surface area contributed by atoms with Gasteiger partial charge in [0.25, 0.3) is 0 Å². The highest BCUT2D eigenvalue weighted by Crippen LogP contribution is 2.36. The molecule has 2 aromatic rings. The monoisotopic (exact) mass is 255 g/mol. The van der Waals surface area contributed by atoms with Crippen LogP contribution in [0, 0.1) is 6.92 Å². The van der Waals surface area contributed by atoms with Gasteiger partial charge in [-0.25, -0.2) is 0 Å². The van der Waals surface area contributed by atoms with Gasteiger partial charge >= 0.3 is 0 Å². The summed E-state index contributed by atoms with van der Waals surface area (Å²) >= 11 is 0. The van der Waals surface area contributed by atoms with Crippen molar-refractivity contribution in [2.45, 2.75) is 13.0 Å². The molecular weight excluding hydrogens is 238 g/mol. The Morgan fingerprint density at radius 2 is 2.05 bits per heavy atom. The highest BCUT2D eigenvalue weighted by molar-refractivity contribution is 5.58. The van der Waals surface area contributed by atoms with Crippen molar-refractivity contribution in [1.29, 1.82) is 0 Å². The van der Waals surface area contributed by atoms with Crippen LogP contribution in [0.3, 0.4) is 0 Å². The van der Waals surface area contributed by atoms with Gasteiger partial charge in [-0.05, 0) is 31.2 Å². The lowest BCUT2D eigenvalue weighted by molar-refractivity contribution is 0.205. The van der Waals surface area contributed by atoms with Gasteiger partial charge in [0, 0.05) is 5.56 Å². The van der Waals surface area contributed by atoms with Gasteiger partial charge in [-0.1, -0.05) is 23.8 Å². The maximum Gasteiger partial charge on any atom is 0.145 e. The minimum atomic E-state index is -0.0234. The smallest absolute Gasteiger partial charge is 0.145 e. The summed E-state index contributed by atoms with van der Waals surface area (Å²) in [5.74, 6) is 1.76. The largest absolute Gasteiger partial charge is 0.496 e. The Morgan fingerprint density at radius 3 is 2.89 bits per heavy atom. The molecule has 0 amide bonds. The maximum absolute atomic E-state index is 6.07. The van der Waals surface area contributed by atoms with Crippen LogP contribution in [-0.4, -0.2) is 13.7 Å². The van der Waals surface area contributed by atoms with Crippen LogP contribution in [-0.2, 0) is 0 Å². The van der Waals surface area contributed by atoms with Gasteiger partial charge in [0.15, 0.2) is 0 Å². The number of anilines is 1. The molecule has 0 radical (unpaired) electrons. The van der Waals surface area contributed by atoms with Gasteiger partial charge in [0.1, 0.15) is 17.6 Å². The van der Waals surface area contributed by atoms with Crippen LogP contribution in [0.5, 0.6) is 11.5 Å². The summed E-state index contributed by atoms with van der Waals surface area (Å²) in [6.07, 6.45) is -0.0234. The van der Waals surface area contributed by atoms with E-state index in [1.807, 2.05) is 36.4 Å². The molecule has 1 aliphatic rings. The minimum absolute atomic E-state index is 0.0234. The van der Waals surface area contributed by atoms with E-state index < -0.39 is 0 Å². The van der Waals surface area contributed by atoms with E-state index in [9.17, 15) is 0 Å². The number of benzene rings is 2. The summed E-state index contributed by atoms with van der Waals surface area (Å²) in [7, 11) is 1.69. The molecule has 0 aliphatic carbocycles. The summed E-state index contributed by atoms with van der Waals surface area (Å²) in [4.78, 5) is 0. The van der Waals surface area contributed by atoms with Crippen molar-refractivity contribution in [1.82, 2.24) is 0 Å². The third-order valence-electron chi connectivity index (χ3n) is 3.37. The quantitative estimate of drug-likeness (QED) is 0.890. The Labute approximate surface area is 113 Å². The molecule has 3 heteroatoms. The molecule has 1 atom stereocenters. The summed E-state index contributed by atoms with van der Waals surface area (Å²) < 4.78 is 11.5. The molecule has 0 saturated heterocycles. The molecule has 1 unspecified atom stereocenters. The van der Waals surface area contributed by atoms with Gasteiger partial charge < -0.3 is 14.8 Å². The highest BCUT2D eigenvalue weighted by atomic mass is 16.5. The van der Waals surface area contributed by atoms with Gasteiger partial charge in [-0.15, -0.1) is 0 Å². The van der Waals surface area contributed by atoms with E-state index in [1.165, 1.54) is 5.56 Å². The molecule has 3 rings (SSSR count). The molecule has 0 fully saturated rings. The third-order valence-corrected chi connectivity index (χ3v) is 3.37. The highest BCUT2D eigenvalue weighted by Gasteiger charge is 2.23. The number of aryl methyl sites for hydroxylation is 1. The van der Waals surface area contributed by atoms with E-state index in [4.69, 9.17) is 9.47 Å². The van der Waals surface area contributed by atoms with Crippen LogP contribution in [0.1, 0.15) is 17.2 Å². The normalized spacial score (nSPS) is 17.1. The van der Waals surface area contributed by atoms with Gasteiger partial charge in [0.2, 0.25) is 0 Å². The minimum Gasteiger partial charge on any atom is -0.496 e. The van der Waals surface area contributed by atoms with Crippen LogP contribution in [0.25, 0.3) is 0 Å². The van der Waals surface area contributed by atoms with Crippen LogP contribution in [0.2, 0.25) is 0 Å². The lowest BCUT2D eigenvalue weighted by Gasteiger charge is -2.28. The van der Waals surface area contributed by atoms with Gasteiger partial charge in [0.05, 0.1) is 19.3 Å². The molecule has 3 nitrogen and oxygen atoms in total. The zero-order valence-electron chi connectivity index (χ0n) is 11.1. The van der Waals surface area contributed by atoms with Crippen LogP contribution in [0.4, 0.5) is 5.69 Å². The molecule has 2 aromatic carbocycles. The predicted molar refractivity (Wildman–Crippen MR) is 76.0 cm³/mol. The number of methoxy groups -OCH3 is 1. The summed E-state index contributed by atoms with van der Waals surface area (Å²) in [6.45, 7) is 2.82. The fourth-order valence-corrected chi connectivity index (χ4v) is 2.39. The Bertz CT molecular complexity index is 595. The van der Waals surface area contributed by atoms with Crippen molar-refractivity contribution in [3.8, 4) is 11.5 Å². The summed E-state index contributed by atoms with van der Waals surface area (Å²) in [5.41, 5.74) is 3.34. The van der Waals surface area contributed by atoms with Crippen molar-refractivity contribution in [3.63, 3.8) is 0 Å². The Kier molecular flexibility index (Phi) is 3.03. The van der Waals surface area contributed by atoms with Gasteiger partial charge in [-0.3, -0.25) is 0 Å². The first-order valence-electron chi connectivity index (χ1n) is 6.42. The molecule has 1 aliphatic heterocycles. The van der Waals surface area contributed by atoms with Crippen LogP contribution >= 0.6 is 0 Å². The second-order valence-electron chi connectivity index (χ2n) is 4.73. The molecule has 0 aromatic heterocycles. The van der Waals surface area contributed by atoms with Gasteiger partial charge in [-0.2, -0.15) is 0 Å². The number of ether oxygens (including phenoxy) is 2. The summed E-state index contributed by atoms with van der Waals surface area (Å²) in [5, 5.41) is 3.40. The number of para-hydroxylation sites is 2. The lowest BCUT2D eigenvalue weighted by Crippen LogP contribution is -2.24. The second-order valence-corrected chi connectivity index (χ2v) is 4.73. The van der Waals surface area contributed by atoms with Crippen LogP contribution in [0.15, 0.2) is 42.5 Å². The zero-order valence-corrected chi connectivity index (χ0v) is 11.1. The lowest BCUT2D eigenvalue weighted by atomic mass is 10.0. The first-order chi connectivity index (χ1) is 9.28. The first kappa shape index (κ1) is 11.9. The Morgan fingerprint density at radius 1 is 1.21 bits per heavy atom. The average Bonchev–Trinajstić information content (AvgIpc) is 2.46. The number of nitrogens with one attached hydrogen (secondary N) is 1. The molecule has 0 bridgehead atoms. The van der Waals surface area contributed by atoms with Crippen molar-refractivity contribution >= 4 is 5.69 Å². The number of rotatable bonds is 2. The number of fused-ring (bicyclic) bond motifs is 1. The SMILES string of the molecule is COc1ccc(C)cc1C1CNc2ccccc2O1.